The third-order valence-corrected chi connectivity index (χ3v) is 4.37. The van der Waals surface area contributed by atoms with E-state index in [1.807, 2.05) is 20.8 Å². The molecule has 2 atom stereocenters. The van der Waals surface area contributed by atoms with Crippen molar-refractivity contribution in [2.75, 3.05) is 13.1 Å². The molecule has 0 aliphatic carbocycles. The van der Waals surface area contributed by atoms with Gasteiger partial charge in [0, 0.05) is 13.1 Å². The number of ether oxygens (including phenoxy) is 2. The lowest BCUT2D eigenvalue weighted by molar-refractivity contribution is 0.0251. The lowest BCUT2D eigenvalue weighted by Crippen LogP contribution is -2.45. The molecule has 2 saturated heterocycles. The van der Waals surface area contributed by atoms with Crippen molar-refractivity contribution in [1.29, 1.82) is 5.26 Å². The highest BCUT2D eigenvalue weighted by Crippen LogP contribution is 2.21. The van der Waals surface area contributed by atoms with Crippen molar-refractivity contribution in [2.45, 2.75) is 90.5 Å². The number of nitrogens with two attached hydrogens (primary N) is 1. The fourth-order valence-electron chi connectivity index (χ4n) is 3.12. The number of nitrogens with zero attached hydrogens (tertiary/aromatic N) is 4. The highest BCUT2D eigenvalue weighted by Gasteiger charge is 2.34. The Morgan fingerprint density at radius 2 is 1.47 bits per heavy atom. The molecule has 2 aliphatic rings. The van der Waals surface area contributed by atoms with Gasteiger partial charge in [0.1, 0.15) is 17.2 Å². The number of nitriles is 1. The summed E-state index contributed by atoms with van der Waals surface area (Å²) < 4.78 is 10.4. The Morgan fingerprint density at radius 3 is 1.93 bits per heavy atom. The molecule has 0 spiro atoms. The Morgan fingerprint density at radius 1 is 1.00 bits per heavy atom. The van der Waals surface area contributed by atoms with Gasteiger partial charge in [-0.15, -0.1) is 0 Å². The molecule has 2 heterocycles. The van der Waals surface area contributed by atoms with Crippen LogP contribution in [0, 0.1) is 11.3 Å². The van der Waals surface area contributed by atoms with E-state index in [1.165, 1.54) is 9.80 Å². The van der Waals surface area contributed by atoms with Crippen molar-refractivity contribution in [3.63, 3.8) is 0 Å². The first kappa shape index (κ1) is 25.3. The van der Waals surface area contributed by atoms with E-state index >= 15 is 0 Å². The molecule has 2 fully saturated rings. The predicted octanol–water partition coefficient (Wildman–Crippen LogP) is 3.04. The van der Waals surface area contributed by atoms with Gasteiger partial charge < -0.3 is 20.4 Å². The molecule has 0 aromatic rings. The van der Waals surface area contributed by atoms with Crippen molar-refractivity contribution >= 4 is 18.0 Å². The zero-order valence-electron chi connectivity index (χ0n) is 18.8. The summed E-state index contributed by atoms with van der Waals surface area (Å²) in [5, 5.41) is 20.3. The van der Waals surface area contributed by atoms with E-state index in [-0.39, 0.29) is 24.0 Å². The van der Waals surface area contributed by atoms with Crippen LogP contribution in [0.25, 0.3) is 0 Å². The van der Waals surface area contributed by atoms with E-state index in [0.29, 0.717) is 19.5 Å². The van der Waals surface area contributed by atoms with Gasteiger partial charge in [0.15, 0.2) is 5.84 Å². The maximum atomic E-state index is 11.8. The average Bonchev–Trinajstić information content (AvgIpc) is 3.27. The Labute approximate surface area is 178 Å². The van der Waals surface area contributed by atoms with Gasteiger partial charge in [0.2, 0.25) is 0 Å². The number of amidine groups is 1. The summed E-state index contributed by atoms with van der Waals surface area (Å²) in [6.07, 6.45) is 2.39. The Balaban J connectivity index is 0.000000303. The van der Waals surface area contributed by atoms with Crippen molar-refractivity contribution < 1.29 is 24.3 Å². The molecule has 3 N–H and O–H groups in total. The Hall–Kier alpha value is -2.70. The number of oxime groups is 1. The summed E-state index contributed by atoms with van der Waals surface area (Å²) in [4.78, 5) is 26.4. The fraction of sp³-hybridized carbons (Fsp3) is 0.800. The summed E-state index contributed by atoms with van der Waals surface area (Å²) >= 11 is 0. The first-order valence-electron chi connectivity index (χ1n) is 10.2. The van der Waals surface area contributed by atoms with Gasteiger partial charge in [-0.2, -0.15) is 5.26 Å². The van der Waals surface area contributed by atoms with Crippen LogP contribution < -0.4 is 5.73 Å². The fourth-order valence-corrected chi connectivity index (χ4v) is 3.12. The molecule has 0 saturated carbocycles. The molecule has 30 heavy (non-hydrogen) atoms. The molecule has 2 amide bonds. The van der Waals surface area contributed by atoms with E-state index < -0.39 is 17.3 Å². The van der Waals surface area contributed by atoms with Gasteiger partial charge in [-0.1, -0.05) is 5.16 Å². The molecule has 1 unspecified atom stereocenters. The number of amides is 2. The van der Waals surface area contributed by atoms with Crippen LogP contribution in [0.15, 0.2) is 5.16 Å². The molecular formula is C20H35N5O5. The third kappa shape index (κ3) is 7.97. The summed E-state index contributed by atoms with van der Waals surface area (Å²) in [7, 11) is 0. The highest BCUT2D eigenvalue weighted by molar-refractivity contribution is 5.88. The molecule has 0 radical (unpaired) electrons. The summed E-state index contributed by atoms with van der Waals surface area (Å²) in [5.74, 6) is 0.0587. The van der Waals surface area contributed by atoms with Crippen molar-refractivity contribution in [1.82, 2.24) is 9.80 Å². The normalized spacial score (nSPS) is 22.1. The molecule has 170 valence electrons. The van der Waals surface area contributed by atoms with Crippen LogP contribution in [-0.4, -0.2) is 69.4 Å². The van der Waals surface area contributed by atoms with Crippen molar-refractivity contribution in [2.24, 2.45) is 10.9 Å². The molecule has 0 bridgehead atoms. The summed E-state index contributed by atoms with van der Waals surface area (Å²) in [5.41, 5.74) is 4.50. The van der Waals surface area contributed by atoms with Crippen LogP contribution >= 0.6 is 0 Å². The molecule has 0 aromatic carbocycles. The number of rotatable bonds is 1. The first-order valence-corrected chi connectivity index (χ1v) is 10.2. The second-order valence-corrected chi connectivity index (χ2v) is 9.32. The minimum Gasteiger partial charge on any atom is -0.444 e. The Bertz CT molecular complexity index is 675. The second-order valence-electron chi connectivity index (χ2n) is 9.32. The number of hydrogen-bond acceptors (Lipinski definition) is 7. The maximum absolute atomic E-state index is 11.8. The van der Waals surface area contributed by atoms with Crippen LogP contribution in [0.5, 0.6) is 0 Å². The highest BCUT2D eigenvalue weighted by atomic mass is 16.6. The molecule has 2 aliphatic heterocycles. The van der Waals surface area contributed by atoms with Crippen molar-refractivity contribution in [3.05, 3.63) is 0 Å². The minimum atomic E-state index is -0.532. The minimum absolute atomic E-state index is 0.0587. The quantitative estimate of drug-likeness (QED) is 0.284. The van der Waals surface area contributed by atoms with Gasteiger partial charge in [-0.25, -0.2) is 9.59 Å². The van der Waals surface area contributed by atoms with Crippen LogP contribution in [0.3, 0.4) is 0 Å². The van der Waals surface area contributed by atoms with Gasteiger partial charge in [0.25, 0.3) is 0 Å². The van der Waals surface area contributed by atoms with E-state index in [2.05, 4.69) is 11.2 Å². The second kappa shape index (κ2) is 10.4. The SMILES string of the molecule is CC(C)(C)OC(=O)N1CCCC1C#N.CC(C)(C)OC(=O)N1CCC[C@H]1/C(N)=N/O. The number of carbonyl (C=O) groups excluding carboxylic acids is 2. The van der Waals surface area contributed by atoms with E-state index in [9.17, 15) is 9.59 Å². The first-order chi connectivity index (χ1) is 13.8. The van der Waals surface area contributed by atoms with Crippen LogP contribution in [0.4, 0.5) is 9.59 Å². The van der Waals surface area contributed by atoms with Gasteiger partial charge in [-0.3, -0.25) is 9.80 Å². The predicted molar refractivity (Wildman–Crippen MR) is 111 cm³/mol. The molecular weight excluding hydrogens is 390 g/mol. The lowest BCUT2D eigenvalue weighted by Gasteiger charge is -2.27. The Kier molecular flexibility index (Phi) is 8.75. The van der Waals surface area contributed by atoms with Gasteiger partial charge >= 0.3 is 12.2 Å². The zero-order chi connectivity index (χ0) is 23.1. The smallest absolute Gasteiger partial charge is 0.411 e. The van der Waals surface area contributed by atoms with Gasteiger partial charge in [-0.05, 0) is 67.2 Å². The summed E-state index contributed by atoms with van der Waals surface area (Å²) in [6, 6.07) is 1.46. The topological polar surface area (TPSA) is 141 Å². The summed E-state index contributed by atoms with van der Waals surface area (Å²) in [6.45, 7) is 12.1. The number of likely N-dealkylation sites (tertiary alicyclic amines) is 2. The average molecular weight is 426 g/mol. The number of hydrogen-bond donors (Lipinski definition) is 2. The van der Waals surface area contributed by atoms with Gasteiger partial charge in [0.05, 0.1) is 12.1 Å². The van der Waals surface area contributed by atoms with E-state index in [4.69, 9.17) is 25.7 Å². The zero-order valence-corrected chi connectivity index (χ0v) is 18.8. The standard InChI is InChI=1S/C10H19N3O3.C10H16N2O2/c1-10(2,3)16-9(14)13-6-4-5-7(13)8(11)12-15;1-10(2,3)14-9(13)12-6-4-5-8(12)7-11/h7,15H,4-6H2,1-3H3,(H2,11,12);8H,4-6H2,1-3H3/t7-;/m0./s1. The molecule has 10 nitrogen and oxygen atoms in total. The maximum Gasteiger partial charge on any atom is 0.411 e. The van der Waals surface area contributed by atoms with Crippen LogP contribution in [-0.2, 0) is 9.47 Å². The molecule has 2 rings (SSSR count). The molecule has 10 heteroatoms. The van der Waals surface area contributed by atoms with Crippen molar-refractivity contribution in [3.8, 4) is 6.07 Å². The molecule has 0 aromatic heterocycles. The van der Waals surface area contributed by atoms with E-state index in [1.54, 1.807) is 20.8 Å². The third-order valence-electron chi connectivity index (χ3n) is 4.37. The monoisotopic (exact) mass is 425 g/mol. The van der Waals surface area contributed by atoms with Crippen LogP contribution in [0.1, 0.15) is 67.2 Å². The number of carbonyl (C=O) groups is 2. The lowest BCUT2D eigenvalue weighted by atomic mass is 10.2. The van der Waals surface area contributed by atoms with E-state index in [0.717, 1.165) is 19.3 Å². The largest absolute Gasteiger partial charge is 0.444 e. The van der Waals surface area contributed by atoms with Crippen LogP contribution in [0.2, 0.25) is 0 Å².